The van der Waals surface area contributed by atoms with Crippen molar-refractivity contribution in [3.8, 4) is 17.1 Å². The Kier molecular flexibility index (Phi) is 4.53. The zero-order valence-electron chi connectivity index (χ0n) is 14.5. The number of para-hydroxylation sites is 1. The Balaban J connectivity index is 1.86. The van der Waals surface area contributed by atoms with Crippen LogP contribution in [0.5, 0.6) is 0 Å². The summed E-state index contributed by atoms with van der Waals surface area (Å²) in [6, 6.07) is 18.6. The summed E-state index contributed by atoms with van der Waals surface area (Å²) in [5, 5.41) is 8.14. The van der Waals surface area contributed by atoms with Gasteiger partial charge in [0.15, 0.2) is 5.82 Å². The monoisotopic (exact) mass is 353 g/mol. The number of alkyl halides is 2. The topological polar surface area (TPSA) is 30.7 Å². The van der Waals surface area contributed by atoms with Crippen molar-refractivity contribution in [1.29, 1.82) is 0 Å². The molecule has 3 aromatic rings. The van der Waals surface area contributed by atoms with E-state index in [1.807, 2.05) is 60.7 Å². The number of halogens is 2. The molecular weight excluding hydrogens is 332 g/mol. The number of benzene rings is 2. The Morgan fingerprint density at radius 3 is 2.08 bits per heavy atom. The Hall–Kier alpha value is -2.56. The Labute approximate surface area is 151 Å². The largest absolute Gasteiger partial charge is 0.309 e. The van der Waals surface area contributed by atoms with E-state index in [9.17, 15) is 0 Å². The lowest BCUT2D eigenvalue weighted by molar-refractivity contribution is -0.0866. The fraction of sp³-hybridized carbons (Fsp3) is 0.333. The molecule has 1 heterocycles. The minimum absolute atomic E-state index is 0.255. The molecule has 0 atom stereocenters. The van der Waals surface area contributed by atoms with Gasteiger partial charge in [0.2, 0.25) is 5.82 Å². The van der Waals surface area contributed by atoms with Gasteiger partial charge in [-0.2, -0.15) is 8.78 Å². The van der Waals surface area contributed by atoms with E-state index in [2.05, 4.69) is 10.2 Å². The summed E-state index contributed by atoms with van der Waals surface area (Å²) in [4.78, 5) is 0. The van der Waals surface area contributed by atoms with E-state index >= 15 is 8.78 Å². The molecule has 3 nitrogen and oxygen atoms in total. The third kappa shape index (κ3) is 3.02. The van der Waals surface area contributed by atoms with E-state index in [0.717, 1.165) is 24.8 Å². The van der Waals surface area contributed by atoms with E-state index in [4.69, 9.17) is 0 Å². The second kappa shape index (κ2) is 6.98. The summed E-state index contributed by atoms with van der Waals surface area (Å²) >= 11 is 0. The van der Waals surface area contributed by atoms with E-state index in [0.29, 0.717) is 24.4 Å². The van der Waals surface area contributed by atoms with Crippen LogP contribution in [0, 0.1) is 5.92 Å². The zero-order valence-corrected chi connectivity index (χ0v) is 14.5. The molecule has 4 rings (SSSR count). The number of nitrogens with zero attached hydrogens (tertiary/aromatic N) is 3. The summed E-state index contributed by atoms with van der Waals surface area (Å²) < 4.78 is 32.3. The van der Waals surface area contributed by atoms with Crippen LogP contribution >= 0.6 is 0 Å². The van der Waals surface area contributed by atoms with Crippen molar-refractivity contribution in [1.82, 2.24) is 14.8 Å². The van der Waals surface area contributed by atoms with Crippen LogP contribution in [0.2, 0.25) is 0 Å². The van der Waals surface area contributed by atoms with Gasteiger partial charge in [-0.05, 0) is 25.0 Å². The first kappa shape index (κ1) is 16.9. The molecule has 5 heteroatoms. The van der Waals surface area contributed by atoms with Crippen LogP contribution in [0.25, 0.3) is 17.1 Å². The lowest BCUT2D eigenvalue weighted by Crippen LogP contribution is -2.31. The van der Waals surface area contributed by atoms with Crippen molar-refractivity contribution in [2.45, 2.75) is 38.0 Å². The molecule has 1 saturated carbocycles. The molecule has 0 spiro atoms. The van der Waals surface area contributed by atoms with Crippen molar-refractivity contribution in [2.75, 3.05) is 0 Å². The normalized spacial score (nSPS) is 15.9. The maximum absolute atomic E-state index is 15.4. The molecule has 0 radical (unpaired) electrons. The summed E-state index contributed by atoms with van der Waals surface area (Å²) in [5.41, 5.74) is 1.43. The van der Waals surface area contributed by atoms with Gasteiger partial charge in [-0.25, -0.2) is 0 Å². The van der Waals surface area contributed by atoms with Gasteiger partial charge in [-0.3, -0.25) is 4.57 Å². The average Bonchev–Trinajstić information content (AvgIpc) is 3.16. The number of aromatic nitrogens is 3. The standard InChI is InChI=1S/C21H21F2N3/c22-21(23,17-12-6-2-7-13-17)20-25-24-19(16-10-4-1-5-11-16)26(20)18-14-8-3-9-15-18/h1,3-5,8-11,14-15,17H,2,6-7,12-13H2. The average molecular weight is 353 g/mol. The summed E-state index contributed by atoms with van der Waals surface area (Å²) in [6.07, 6.45) is 3.81. The van der Waals surface area contributed by atoms with Crippen LogP contribution in [0.4, 0.5) is 8.78 Å². The Morgan fingerprint density at radius 1 is 0.808 bits per heavy atom. The van der Waals surface area contributed by atoms with Crippen LogP contribution < -0.4 is 0 Å². The van der Waals surface area contributed by atoms with Gasteiger partial charge in [0.05, 0.1) is 0 Å². The zero-order chi connectivity index (χ0) is 18.0. The highest BCUT2D eigenvalue weighted by Gasteiger charge is 2.46. The molecule has 26 heavy (non-hydrogen) atoms. The van der Waals surface area contributed by atoms with Crippen molar-refractivity contribution < 1.29 is 8.78 Å². The number of hydrogen-bond acceptors (Lipinski definition) is 2. The quantitative estimate of drug-likeness (QED) is 0.611. The molecule has 0 saturated heterocycles. The molecule has 1 aliphatic carbocycles. The molecule has 1 aliphatic rings. The second-order valence-electron chi connectivity index (χ2n) is 6.84. The van der Waals surface area contributed by atoms with Gasteiger partial charge in [0.25, 0.3) is 0 Å². The lowest BCUT2D eigenvalue weighted by atomic mass is 9.84. The highest BCUT2D eigenvalue weighted by Crippen LogP contribution is 2.44. The first-order valence-electron chi connectivity index (χ1n) is 9.12. The highest BCUT2D eigenvalue weighted by molar-refractivity contribution is 5.58. The minimum atomic E-state index is -3.00. The summed E-state index contributed by atoms with van der Waals surface area (Å²) in [5.74, 6) is -3.49. The van der Waals surface area contributed by atoms with Crippen molar-refractivity contribution >= 4 is 0 Å². The Bertz CT molecular complexity index is 853. The molecule has 0 amide bonds. The molecular formula is C21H21F2N3. The first-order valence-corrected chi connectivity index (χ1v) is 9.12. The lowest BCUT2D eigenvalue weighted by Gasteiger charge is -2.29. The third-order valence-corrected chi connectivity index (χ3v) is 5.13. The fourth-order valence-corrected chi connectivity index (χ4v) is 3.74. The van der Waals surface area contributed by atoms with Crippen LogP contribution in [0.3, 0.4) is 0 Å². The number of rotatable bonds is 4. The van der Waals surface area contributed by atoms with E-state index in [-0.39, 0.29) is 5.82 Å². The van der Waals surface area contributed by atoms with E-state index < -0.39 is 11.8 Å². The van der Waals surface area contributed by atoms with Gasteiger partial charge in [-0.15, -0.1) is 10.2 Å². The summed E-state index contributed by atoms with van der Waals surface area (Å²) in [6.45, 7) is 0. The maximum Gasteiger partial charge on any atom is 0.309 e. The van der Waals surface area contributed by atoms with Crippen molar-refractivity contribution in [3.63, 3.8) is 0 Å². The predicted molar refractivity (Wildman–Crippen MR) is 97.3 cm³/mol. The molecule has 0 N–H and O–H groups in total. The van der Waals surface area contributed by atoms with Crippen molar-refractivity contribution in [3.05, 3.63) is 66.5 Å². The van der Waals surface area contributed by atoms with Gasteiger partial charge >= 0.3 is 5.92 Å². The minimum Gasteiger partial charge on any atom is -0.274 e. The molecule has 2 aromatic carbocycles. The van der Waals surface area contributed by atoms with Crippen LogP contribution in [0.1, 0.15) is 37.9 Å². The molecule has 0 aliphatic heterocycles. The van der Waals surface area contributed by atoms with Crippen molar-refractivity contribution in [2.24, 2.45) is 5.92 Å². The first-order chi connectivity index (χ1) is 12.7. The smallest absolute Gasteiger partial charge is 0.274 e. The van der Waals surface area contributed by atoms with Crippen LogP contribution in [-0.4, -0.2) is 14.8 Å². The number of hydrogen-bond donors (Lipinski definition) is 0. The van der Waals surface area contributed by atoms with Gasteiger partial charge < -0.3 is 0 Å². The van der Waals surface area contributed by atoms with E-state index in [1.165, 1.54) is 4.57 Å². The van der Waals surface area contributed by atoms with E-state index in [1.54, 1.807) is 0 Å². The fourth-order valence-electron chi connectivity index (χ4n) is 3.74. The Morgan fingerprint density at radius 2 is 1.42 bits per heavy atom. The van der Waals surface area contributed by atoms with Crippen LogP contribution in [0.15, 0.2) is 60.7 Å². The van der Waals surface area contributed by atoms with Gasteiger partial charge in [0, 0.05) is 17.2 Å². The molecule has 1 fully saturated rings. The van der Waals surface area contributed by atoms with Gasteiger partial charge in [0.1, 0.15) is 0 Å². The molecule has 0 unspecified atom stereocenters. The highest BCUT2D eigenvalue weighted by atomic mass is 19.3. The molecule has 134 valence electrons. The maximum atomic E-state index is 15.4. The third-order valence-electron chi connectivity index (χ3n) is 5.13. The van der Waals surface area contributed by atoms with Crippen LogP contribution in [-0.2, 0) is 5.92 Å². The molecule has 0 bridgehead atoms. The summed E-state index contributed by atoms with van der Waals surface area (Å²) in [7, 11) is 0. The predicted octanol–water partition coefficient (Wildman–Crippen LogP) is 5.61. The second-order valence-corrected chi connectivity index (χ2v) is 6.84. The SMILES string of the molecule is FC(F)(c1nnc(-c2ccccc2)n1-c1ccccc1)C1CCCCC1. The molecule has 1 aromatic heterocycles. The van der Waals surface area contributed by atoms with Gasteiger partial charge in [-0.1, -0.05) is 67.8 Å².